The first-order valence-electron chi connectivity index (χ1n) is 7.03. The van der Waals surface area contributed by atoms with Crippen molar-refractivity contribution in [3.63, 3.8) is 0 Å². The van der Waals surface area contributed by atoms with E-state index in [1.807, 2.05) is 0 Å². The maximum absolute atomic E-state index is 3.67. The van der Waals surface area contributed by atoms with Crippen LogP contribution in [0.5, 0.6) is 0 Å². The first-order chi connectivity index (χ1) is 7.29. The average Bonchev–Trinajstić information content (AvgIpc) is 2.94. The van der Waals surface area contributed by atoms with Crippen LogP contribution in [0.1, 0.15) is 65.7 Å². The van der Waals surface area contributed by atoms with Gasteiger partial charge in [0.05, 0.1) is 0 Å². The van der Waals surface area contributed by atoms with Gasteiger partial charge in [0.15, 0.2) is 0 Å². The van der Waals surface area contributed by atoms with Gasteiger partial charge in [-0.05, 0) is 31.2 Å². The van der Waals surface area contributed by atoms with E-state index in [1.54, 1.807) is 0 Å². The molecule has 1 rings (SSSR count). The van der Waals surface area contributed by atoms with E-state index in [2.05, 4.69) is 26.1 Å². The lowest BCUT2D eigenvalue weighted by atomic mass is 10.0. The smallest absolute Gasteiger partial charge is 0.00978 e. The van der Waals surface area contributed by atoms with E-state index in [1.165, 1.54) is 44.9 Å². The van der Waals surface area contributed by atoms with Crippen LogP contribution in [0.25, 0.3) is 0 Å². The molecule has 0 amide bonds. The molecular formula is C14H29N. The summed E-state index contributed by atoms with van der Waals surface area (Å²) < 4.78 is 0. The van der Waals surface area contributed by atoms with Crippen LogP contribution in [0.15, 0.2) is 0 Å². The van der Waals surface area contributed by atoms with Crippen LogP contribution in [0.4, 0.5) is 0 Å². The minimum Gasteiger partial charge on any atom is -0.314 e. The molecule has 1 aliphatic carbocycles. The molecule has 1 saturated carbocycles. The Kier molecular flexibility index (Phi) is 6.31. The maximum Gasteiger partial charge on any atom is 0.00978 e. The molecule has 3 atom stereocenters. The monoisotopic (exact) mass is 211 g/mol. The Labute approximate surface area is 96.0 Å². The third kappa shape index (κ3) is 5.01. The summed E-state index contributed by atoms with van der Waals surface area (Å²) in [6, 6.07) is 0.826. The molecule has 3 unspecified atom stereocenters. The molecule has 15 heavy (non-hydrogen) atoms. The summed E-state index contributed by atoms with van der Waals surface area (Å²) in [5.41, 5.74) is 0. The number of rotatable bonds is 9. The third-order valence-corrected chi connectivity index (χ3v) is 3.77. The SMILES string of the molecule is CCCCCCCC(NCC)C1CC1C. The van der Waals surface area contributed by atoms with Gasteiger partial charge >= 0.3 is 0 Å². The number of unbranched alkanes of at least 4 members (excludes halogenated alkanes) is 4. The zero-order chi connectivity index (χ0) is 11.1. The highest BCUT2D eigenvalue weighted by Crippen LogP contribution is 2.41. The fourth-order valence-corrected chi connectivity index (χ4v) is 2.61. The van der Waals surface area contributed by atoms with Crippen LogP contribution >= 0.6 is 0 Å². The van der Waals surface area contributed by atoms with Gasteiger partial charge in [0.2, 0.25) is 0 Å². The van der Waals surface area contributed by atoms with Gasteiger partial charge in [0.25, 0.3) is 0 Å². The van der Waals surface area contributed by atoms with Gasteiger partial charge in [-0.1, -0.05) is 52.9 Å². The molecule has 0 bridgehead atoms. The number of hydrogen-bond acceptors (Lipinski definition) is 1. The second-order valence-electron chi connectivity index (χ2n) is 5.24. The average molecular weight is 211 g/mol. The highest BCUT2D eigenvalue weighted by atomic mass is 14.9. The molecule has 0 heterocycles. The predicted molar refractivity (Wildman–Crippen MR) is 68.1 cm³/mol. The van der Waals surface area contributed by atoms with E-state index in [0.29, 0.717) is 0 Å². The Bertz CT molecular complexity index is 155. The van der Waals surface area contributed by atoms with Crippen LogP contribution in [0, 0.1) is 11.8 Å². The van der Waals surface area contributed by atoms with Crippen molar-refractivity contribution < 1.29 is 0 Å². The first-order valence-corrected chi connectivity index (χ1v) is 7.03. The topological polar surface area (TPSA) is 12.0 Å². The van der Waals surface area contributed by atoms with E-state index in [-0.39, 0.29) is 0 Å². The van der Waals surface area contributed by atoms with Gasteiger partial charge in [0, 0.05) is 6.04 Å². The summed E-state index contributed by atoms with van der Waals surface area (Å²) in [5, 5.41) is 3.67. The molecule has 1 aliphatic rings. The van der Waals surface area contributed by atoms with Crippen molar-refractivity contribution in [2.45, 2.75) is 71.8 Å². The van der Waals surface area contributed by atoms with Gasteiger partial charge < -0.3 is 5.32 Å². The standard InChI is InChI=1S/C14H29N/c1-4-6-7-8-9-10-14(15-5-2)13-11-12(13)3/h12-15H,4-11H2,1-3H3. The molecule has 0 aliphatic heterocycles. The largest absolute Gasteiger partial charge is 0.314 e. The van der Waals surface area contributed by atoms with Gasteiger partial charge in [0.1, 0.15) is 0 Å². The summed E-state index contributed by atoms with van der Waals surface area (Å²) in [7, 11) is 0. The van der Waals surface area contributed by atoms with E-state index in [4.69, 9.17) is 0 Å². The van der Waals surface area contributed by atoms with Crippen molar-refractivity contribution in [3.8, 4) is 0 Å². The predicted octanol–water partition coefficient (Wildman–Crippen LogP) is 3.98. The summed E-state index contributed by atoms with van der Waals surface area (Å²) in [4.78, 5) is 0. The third-order valence-electron chi connectivity index (χ3n) is 3.77. The molecule has 0 aromatic rings. The highest BCUT2D eigenvalue weighted by molar-refractivity contribution is 4.92. The number of nitrogens with one attached hydrogen (secondary N) is 1. The van der Waals surface area contributed by atoms with Crippen LogP contribution in [-0.2, 0) is 0 Å². The van der Waals surface area contributed by atoms with Crippen molar-refractivity contribution in [2.75, 3.05) is 6.54 Å². The Morgan fingerprint density at radius 2 is 1.80 bits per heavy atom. The molecule has 1 N–H and O–H groups in total. The summed E-state index contributed by atoms with van der Waals surface area (Å²) in [6.07, 6.45) is 9.97. The molecule has 90 valence electrons. The lowest BCUT2D eigenvalue weighted by Gasteiger charge is -2.17. The summed E-state index contributed by atoms with van der Waals surface area (Å²) in [6.45, 7) is 8.05. The van der Waals surface area contributed by atoms with Crippen molar-refractivity contribution in [1.82, 2.24) is 5.32 Å². The van der Waals surface area contributed by atoms with E-state index in [0.717, 1.165) is 24.4 Å². The molecule has 0 spiro atoms. The van der Waals surface area contributed by atoms with E-state index in [9.17, 15) is 0 Å². The fourth-order valence-electron chi connectivity index (χ4n) is 2.61. The summed E-state index contributed by atoms with van der Waals surface area (Å²) >= 11 is 0. The zero-order valence-electron chi connectivity index (χ0n) is 10.9. The number of hydrogen-bond donors (Lipinski definition) is 1. The molecule has 0 radical (unpaired) electrons. The molecule has 1 fully saturated rings. The van der Waals surface area contributed by atoms with Gasteiger partial charge in [-0.25, -0.2) is 0 Å². The zero-order valence-corrected chi connectivity index (χ0v) is 10.9. The molecule has 0 aromatic carbocycles. The first kappa shape index (κ1) is 13.0. The Morgan fingerprint density at radius 1 is 1.13 bits per heavy atom. The van der Waals surface area contributed by atoms with Crippen LogP contribution < -0.4 is 5.32 Å². The molecule has 1 heteroatoms. The van der Waals surface area contributed by atoms with Crippen molar-refractivity contribution >= 4 is 0 Å². The van der Waals surface area contributed by atoms with Crippen LogP contribution in [0.2, 0.25) is 0 Å². The maximum atomic E-state index is 3.67. The minimum atomic E-state index is 0.826. The lowest BCUT2D eigenvalue weighted by Crippen LogP contribution is -2.31. The molecule has 0 aromatic heterocycles. The second-order valence-corrected chi connectivity index (χ2v) is 5.24. The van der Waals surface area contributed by atoms with E-state index >= 15 is 0 Å². The highest BCUT2D eigenvalue weighted by Gasteiger charge is 2.38. The molecule has 1 nitrogen and oxygen atoms in total. The molecule has 0 saturated heterocycles. The van der Waals surface area contributed by atoms with Crippen molar-refractivity contribution in [2.24, 2.45) is 11.8 Å². The van der Waals surface area contributed by atoms with Gasteiger partial charge in [-0.3, -0.25) is 0 Å². The quantitative estimate of drug-likeness (QED) is 0.569. The fraction of sp³-hybridized carbons (Fsp3) is 1.00. The molecular weight excluding hydrogens is 182 g/mol. The second kappa shape index (κ2) is 7.27. The van der Waals surface area contributed by atoms with Crippen molar-refractivity contribution in [1.29, 1.82) is 0 Å². The lowest BCUT2D eigenvalue weighted by molar-refractivity contribution is 0.410. The van der Waals surface area contributed by atoms with Crippen LogP contribution in [0.3, 0.4) is 0 Å². The van der Waals surface area contributed by atoms with Crippen molar-refractivity contribution in [3.05, 3.63) is 0 Å². The Balaban J connectivity index is 2.04. The normalized spacial score (nSPS) is 26.6. The Morgan fingerprint density at radius 3 is 2.33 bits per heavy atom. The van der Waals surface area contributed by atoms with Crippen LogP contribution in [-0.4, -0.2) is 12.6 Å². The minimum absolute atomic E-state index is 0.826. The van der Waals surface area contributed by atoms with Gasteiger partial charge in [-0.2, -0.15) is 0 Å². The summed E-state index contributed by atoms with van der Waals surface area (Å²) in [5.74, 6) is 1.99. The van der Waals surface area contributed by atoms with Gasteiger partial charge in [-0.15, -0.1) is 0 Å². The Hall–Kier alpha value is -0.0400. The van der Waals surface area contributed by atoms with E-state index < -0.39 is 0 Å².